The fourth-order valence-corrected chi connectivity index (χ4v) is 3.05. The van der Waals surface area contributed by atoms with Crippen molar-refractivity contribution in [2.45, 2.75) is 22.6 Å². The zero-order chi connectivity index (χ0) is 12.5. The van der Waals surface area contributed by atoms with Crippen LogP contribution in [-0.2, 0) is 9.84 Å². The lowest BCUT2D eigenvalue weighted by Gasteiger charge is -2.31. The molecule has 1 aliphatic heterocycles. The molecule has 0 atom stereocenters. The van der Waals surface area contributed by atoms with Crippen molar-refractivity contribution in [2.75, 3.05) is 24.2 Å². The van der Waals surface area contributed by atoms with Crippen LogP contribution in [0.4, 0.5) is 5.69 Å². The van der Waals surface area contributed by atoms with Crippen LogP contribution in [0.5, 0.6) is 0 Å². The van der Waals surface area contributed by atoms with Crippen LogP contribution in [-0.4, -0.2) is 32.6 Å². The molecule has 17 heavy (non-hydrogen) atoms. The summed E-state index contributed by atoms with van der Waals surface area (Å²) in [5.41, 5.74) is 1.11. The van der Waals surface area contributed by atoms with Crippen LogP contribution in [0.2, 0.25) is 0 Å². The van der Waals surface area contributed by atoms with E-state index in [0.29, 0.717) is 9.72 Å². The number of nitrogens with zero attached hydrogens (tertiary/aromatic N) is 1. The number of sulfone groups is 1. The minimum Gasteiger partial charge on any atom is -0.371 e. The van der Waals surface area contributed by atoms with Crippen LogP contribution in [0.15, 0.2) is 29.2 Å². The highest BCUT2D eigenvalue weighted by atomic mass is 79.9. The maximum atomic E-state index is 11.3. The molecular weight excluding hydrogens is 302 g/mol. The van der Waals surface area contributed by atoms with Gasteiger partial charge in [0.25, 0.3) is 0 Å². The van der Waals surface area contributed by atoms with E-state index >= 15 is 0 Å². The third kappa shape index (κ3) is 3.22. The van der Waals surface area contributed by atoms with Crippen LogP contribution in [0.3, 0.4) is 0 Å². The standard InChI is InChI=1S/C12H16BrNO2S/c1-17(15,16)12-4-2-11(3-5-12)14-8-6-10(13)7-9-14/h2-5,10H,6-9H2,1H3. The molecular formula is C12H16BrNO2S. The van der Waals surface area contributed by atoms with Crippen LogP contribution in [0, 0.1) is 0 Å². The van der Waals surface area contributed by atoms with Gasteiger partial charge in [0.2, 0.25) is 0 Å². The molecule has 0 aliphatic carbocycles. The Morgan fingerprint density at radius 1 is 1.18 bits per heavy atom. The predicted octanol–water partition coefficient (Wildman–Crippen LogP) is 2.45. The second kappa shape index (κ2) is 4.98. The second-order valence-electron chi connectivity index (χ2n) is 4.43. The van der Waals surface area contributed by atoms with Crippen molar-refractivity contribution < 1.29 is 8.42 Å². The lowest BCUT2D eigenvalue weighted by molar-refractivity contribution is 0.596. The molecule has 0 spiro atoms. The molecule has 2 rings (SSSR count). The lowest BCUT2D eigenvalue weighted by atomic mass is 10.1. The summed E-state index contributed by atoms with van der Waals surface area (Å²) >= 11 is 3.62. The number of halogens is 1. The Morgan fingerprint density at radius 2 is 1.71 bits per heavy atom. The molecule has 1 aromatic carbocycles. The van der Waals surface area contributed by atoms with Gasteiger partial charge in [0.15, 0.2) is 9.84 Å². The van der Waals surface area contributed by atoms with Gasteiger partial charge in [-0.25, -0.2) is 8.42 Å². The first kappa shape index (κ1) is 12.9. The van der Waals surface area contributed by atoms with Crippen LogP contribution >= 0.6 is 15.9 Å². The molecule has 1 aromatic rings. The first-order valence-electron chi connectivity index (χ1n) is 5.66. The number of hydrogen-bond acceptors (Lipinski definition) is 3. The average molecular weight is 318 g/mol. The van der Waals surface area contributed by atoms with E-state index in [9.17, 15) is 8.42 Å². The van der Waals surface area contributed by atoms with Gasteiger partial charge in [-0.2, -0.15) is 0 Å². The fourth-order valence-electron chi connectivity index (χ4n) is 2.01. The molecule has 0 amide bonds. The van der Waals surface area contributed by atoms with E-state index in [4.69, 9.17) is 0 Å². The number of alkyl halides is 1. The molecule has 0 radical (unpaired) electrons. The van der Waals surface area contributed by atoms with Gasteiger partial charge in [0, 0.05) is 29.9 Å². The summed E-state index contributed by atoms with van der Waals surface area (Å²) < 4.78 is 22.7. The van der Waals surface area contributed by atoms with Gasteiger partial charge >= 0.3 is 0 Å². The van der Waals surface area contributed by atoms with Crippen LogP contribution in [0.1, 0.15) is 12.8 Å². The maximum absolute atomic E-state index is 11.3. The van der Waals surface area contributed by atoms with E-state index in [1.807, 2.05) is 12.1 Å². The number of benzene rings is 1. The van der Waals surface area contributed by atoms with Gasteiger partial charge < -0.3 is 4.90 Å². The van der Waals surface area contributed by atoms with Gasteiger partial charge in [-0.05, 0) is 37.1 Å². The SMILES string of the molecule is CS(=O)(=O)c1ccc(N2CCC(Br)CC2)cc1. The Balaban J connectivity index is 2.13. The van der Waals surface area contributed by atoms with Crippen molar-refractivity contribution in [1.82, 2.24) is 0 Å². The van der Waals surface area contributed by atoms with Gasteiger partial charge in [0.05, 0.1) is 4.90 Å². The monoisotopic (exact) mass is 317 g/mol. The molecule has 5 heteroatoms. The van der Waals surface area contributed by atoms with Gasteiger partial charge in [-0.1, -0.05) is 15.9 Å². The first-order valence-corrected chi connectivity index (χ1v) is 8.46. The molecule has 0 aromatic heterocycles. The van der Waals surface area contributed by atoms with Crippen LogP contribution < -0.4 is 4.90 Å². The summed E-state index contributed by atoms with van der Waals surface area (Å²) in [6.45, 7) is 2.04. The summed E-state index contributed by atoms with van der Waals surface area (Å²) in [5.74, 6) is 0. The first-order chi connectivity index (χ1) is 7.97. The molecule has 0 unspecified atom stereocenters. The Kier molecular flexibility index (Phi) is 3.78. The summed E-state index contributed by atoms with van der Waals surface area (Å²) in [6, 6.07) is 7.16. The lowest BCUT2D eigenvalue weighted by Crippen LogP contribution is -2.33. The minimum absolute atomic E-state index is 0.386. The molecule has 1 heterocycles. The Hall–Kier alpha value is -0.550. The number of piperidine rings is 1. The quantitative estimate of drug-likeness (QED) is 0.786. The molecule has 0 saturated carbocycles. The minimum atomic E-state index is -3.09. The van der Waals surface area contributed by atoms with Crippen molar-refractivity contribution in [3.8, 4) is 0 Å². The van der Waals surface area contributed by atoms with Gasteiger partial charge in [-0.15, -0.1) is 0 Å². The van der Waals surface area contributed by atoms with E-state index in [1.165, 1.54) is 6.26 Å². The second-order valence-corrected chi connectivity index (χ2v) is 7.74. The number of hydrogen-bond donors (Lipinski definition) is 0. The zero-order valence-electron chi connectivity index (χ0n) is 9.77. The Labute approximate surface area is 111 Å². The summed E-state index contributed by atoms with van der Waals surface area (Å²) in [4.78, 5) is 3.30. The van der Waals surface area contributed by atoms with Gasteiger partial charge in [0.1, 0.15) is 0 Å². The highest BCUT2D eigenvalue weighted by Gasteiger charge is 2.17. The van der Waals surface area contributed by atoms with Crippen molar-refractivity contribution in [3.63, 3.8) is 0 Å². The number of anilines is 1. The van der Waals surface area contributed by atoms with E-state index in [-0.39, 0.29) is 0 Å². The third-order valence-corrected chi connectivity index (χ3v) is 5.10. The summed E-state index contributed by atoms with van der Waals surface area (Å²) in [7, 11) is -3.09. The van der Waals surface area contributed by atoms with Crippen molar-refractivity contribution >= 4 is 31.5 Å². The molecule has 0 bridgehead atoms. The highest BCUT2D eigenvalue weighted by molar-refractivity contribution is 9.09. The van der Waals surface area contributed by atoms with Gasteiger partial charge in [-0.3, -0.25) is 0 Å². The average Bonchev–Trinajstić information content (AvgIpc) is 2.29. The van der Waals surface area contributed by atoms with E-state index in [0.717, 1.165) is 31.6 Å². The fraction of sp³-hybridized carbons (Fsp3) is 0.500. The maximum Gasteiger partial charge on any atom is 0.175 e. The van der Waals surface area contributed by atoms with Crippen molar-refractivity contribution in [3.05, 3.63) is 24.3 Å². The number of rotatable bonds is 2. The normalized spacial score (nSPS) is 18.4. The highest BCUT2D eigenvalue weighted by Crippen LogP contribution is 2.24. The largest absolute Gasteiger partial charge is 0.371 e. The van der Waals surface area contributed by atoms with E-state index < -0.39 is 9.84 Å². The predicted molar refractivity (Wildman–Crippen MR) is 73.7 cm³/mol. The Morgan fingerprint density at radius 3 is 2.18 bits per heavy atom. The molecule has 0 N–H and O–H groups in total. The van der Waals surface area contributed by atoms with E-state index in [2.05, 4.69) is 20.8 Å². The molecule has 3 nitrogen and oxygen atoms in total. The molecule has 1 saturated heterocycles. The van der Waals surface area contributed by atoms with Crippen LogP contribution in [0.25, 0.3) is 0 Å². The van der Waals surface area contributed by atoms with E-state index in [1.54, 1.807) is 12.1 Å². The Bertz CT molecular complexity index is 476. The summed E-state index contributed by atoms with van der Waals surface area (Å²) in [6.07, 6.45) is 3.50. The zero-order valence-corrected chi connectivity index (χ0v) is 12.2. The topological polar surface area (TPSA) is 37.4 Å². The molecule has 1 fully saturated rings. The molecule has 1 aliphatic rings. The summed E-state index contributed by atoms with van der Waals surface area (Å²) in [5, 5.41) is 0. The van der Waals surface area contributed by atoms with Crippen molar-refractivity contribution in [1.29, 1.82) is 0 Å². The molecule has 94 valence electrons. The smallest absolute Gasteiger partial charge is 0.175 e. The van der Waals surface area contributed by atoms with Crippen molar-refractivity contribution in [2.24, 2.45) is 0 Å². The third-order valence-electron chi connectivity index (χ3n) is 3.05.